The third kappa shape index (κ3) is 7.67. The number of nitrogens with two attached hydrogens (primary N) is 1. The molecule has 0 saturated carbocycles. The van der Waals surface area contributed by atoms with Gasteiger partial charge < -0.3 is 60.8 Å². The first-order chi connectivity index (χ1) is 23.8. The number of amides is 1. The number of hydrogen-bond donors (Lipinski definition) is 9. The molecule has 2 aromatic heterocycles. The number of benzene rings is 2. The number of phenolic OH excluding ortho intramolecular Hbond substituents is 1. The predicted molar refractivity (Wildman–Crippen MR) is 181 cm³/mol. The van der Waals surface area contributed by atoms with Gasteiger partial charge in [0.1, 0.15) is 29.3 Å². The second-order valence-corrected chi connectivity index (χ2v) is 12.7. The number of fused-ring (bicyclic) bond motifs is 1. The van der Waals surface area contributed by atoms with Crippen LogP contribution in [0.25, 0.3) is 22.1 Å². The molecule has 1 saturated heterocycles. The van der Waals surface area contributed by atoms with E-state index in [-0.39, 0.29) is 52.0 Å². The van der Waals surface area contributed by atoms with Gasteiger partial charge in [0.2, 0.25) is 17.5 Å². The monoisotopic (exact) mass is 694 g/mol. The van der Waals surface area contributed by atoms with Crippen molar-refractivity contribution in [2.24, 2.45) is 17.6 Å². The van der Waals surface area contributed by atoms with E-state index in [1.54, 1.807) is 0 Å². The van der Waals surface area contributed by atoms with Crippen LogP contribution in [-0.4, -0.2) is 99.3 Å². The molecule has 4 aromatic rings. The molecule has 2 aromatic carbocycles. The summed E-state index contributed by atoms with van der Waals surface area (Å²) in [6.45, 7) is 2.93. The molecule has 0 unspecified atom stereocenters. The summed E-state index contributed by atoms with van der Waals surface area (Å²) < 4.78 is 17.2. The fraction of sp³-hybridized carbons (Fsp3) is 0.400. The van der Waals surface area contributed by atoms with Crippen molar-refractivity contribution < 1.29 is 49.0 Å². The van der Waals surface area contributed by atoms with Gasteiger partial charge in [-0.3, -0.25) is 9.59 Å². The van der Waals surface area contributed by atoms with Crippen LogP contribution in [0, 0.1) is 11.8 Å². The lowest BCUT2D eigenvalue weighted by atomic mass is 9.84. The van der Waals surface area contributed by atoms with Crippen molar-refractivity contribution in [2.45, 2.75) is 50.0 Å². The Morgan fingerprint density at radius 2 is 1.88 bits per heavy atom. The van der Waals surface area contributed by atoms with E-state index in [1.165, 1.54) is 42.5 Å². The van der Waals surface area contributed by atoms with Gasteiger partial charge >= 0.3 is 5.97 Å². The SMILES string of the molecule is CNCC[C@H](C)[C@H](CNC[C@]1(O)[C@H](Oc2ccc3c(=O)c(-c4ccc(O)cc4)c(C(N)=O)oc3c2)O[C@H](C(=O)O)[C@@H](O)[C@@H]1O)Cc1cc[nH]c1. The fourth-order valence-electron chi connectivity index (χ4n) is 6.22. The Hall–Kier alpha value is -4.77. The van der Waals surface area contributed by atoms with Crippen molar-refractivity contribution in [3.8, 4) is 22.6 Å². The van der Waals surface area contributed by atoms with Crippen molar-refractivity contribution in [1.29, 1.82) is 0 Å². The van der Waals surface area contributed by atoms with Crippen LogP contribution in [0.5, 0.6) is 11.5 Å². The van der Waals surface area contributed by atoms with Crippen LogP contribution in [0.4, 0.5) is 0 Å². The van der Waals surface area contributed by atoms with Gasteiger partial charge in [-0.15, -0.1) is 0 Å². The van der Waals surface area contributed by atoms with E-state index in [9.17, 15) is 39.9 Å². The van der Waals surface area contributed by atoms with Crippen LogP contribution < -0.4 is 26.5 Å². The number of carbonyl (C=O) groups excluding carboxylic acids is 1. The summed E-state index contributed by atoms with van der Waals surface area (Å²) in [4.78, 5) is 40.9. The highest BCUT2D eigenvalue weighted by atomic mass is 16.7. The first-order valence-electron chi connectivity index (χ1n) is 16.1. The van der Waals surface area contributed by atoms with Crippen molar-refractivity contribution in [1.82, 2.24) is 15.6 Å². The molecule has 7 atom stereocenters. The molecule has 268 valence electrons. The van der Waals surface area contributed by atoms with Crippen molar-refractivity contribution >= 4 is 22.8 Å². The lowest BCUT2D eigenvalue weighted by molar-refractivity contribution is -0.311. The maximum absolute atomic E-state index is 13.5. The minimum atomic E-state index is -2.37. The highest BCUT2D eigenvalue weighted by molar-refractivity contribution is 5.99. The molecule has 1 aliphatic heterocycles. The minimum Gasteiger partial charge on any atom is -0.508 e. The number of aromatic hydroxyl groups is 1. The molecular formula is C35H42N4O11. The highest BCUT2D eigenvalue weighted by Crippen LogP contribution is 2.34. The van der Waals surface area contributed by atoms with Gasteiger partial charge in [0.15, 0.2) is 11.7 Å². The summed E-state index contributed by atoms with van der Waals surface area (Å²) in [6, 6.07) is 11.4. The van der Waals surface area contributed by atoms with Crippen molar-refractivity contribution in [3.63, 3.8) is 0 Å². The lowest BCUT2D eigenvalue weighted by Gasteiger charge is -2.47. The van der Waals surface area contributed by atoms with Crippen LogP contribution >= 0.6 is 0 Å². The molecule has 15 heteroatoms. The number of carboxylic acid groups (broad SMARTS) is 1. The zero-order chi connectivity index (χ0) is 36.2. The number of carbonyl (C=O) groups is 2. The van der Waals surface area contributed by atoms with Crippen LogP contribution in [0.3, 0.4) is 0 Å². The normalized spacial score (nSPS) is 23.4. The summed E-state index contributed by atoms with van der Waals surface area (Å²) in [5.41, 5.74) is 3.71. The number of aromatic amines is 1. The number of aliphatic hydroxyl groups excluding tert-OH is 2. The lowest BCUT2D eigenvalue weighted by Crippen LogP contribution is -2.71. The molecule has 5 rings (SSSR count). The molecule has 0 spiro atoms. The van der Waals surface area contributed by atoms with E-state index in [4.69, 9.17) is 19.6 Å². The molecule has 0 aliphatic carbocycles. The van der Waals surface area contributed by atoms with Crippen LogP contribution in [0.1, 0.15) is 29.5 Å². The minimum absolute atomic E-state index is 0.0339. The third-order valence-electron chi connectivity index (χ3n) is 9.18. The third-order valence-corrected chi connectivity index (χ3v) is 9.18. The second-order valence-electron chi connectivity index (χ2n) is 12.7. The van der Waals surface area contributed by atoms with Gasteiger partial charge in [0.25, 0.3) is 5.91 Å². The molecule has 0 bridgehead atoms. The van der Waals surface area contributed by atoms with Gasteiger partial charge in [-0.05, 0) is 86.3 Å². The van der Waals surface area contributed by atoms with Crippen LogP contribution in [0.15, 0.2) is 70.1 Å². The number of nitrogens with one attached hydrogen (secondary N) is 3. The number of rotatable bonds is 15. The summed E-state index contributed by atoms with van der Waals surface area (Å²) in [5, 5.41) is 59.4. The zero-order valence-corrected chi connectivity index (χ0v) is 27.5. The number of phenols is 1. The summed E-state index contributed by atoms with van der Waals surface area (Å²) in [7, 11) is 1.87. The molecule has 10 N–H and O–H groups in total. The van der Waals surface area contributed by atoms with Gasteiger partial charge in [-0.1, -0.05) is 19.1 Å². The molecule has 1 fully saturated rings. The molecule has 0 radical (unpaired) electrons. The summed E-state index contributed by atoms with van der Waals surface area (Å²) >= 11 is 0. The molecule has 1 amide bonds. The van der Waals surface area contributed by atoms with Gasteiger partial charge in [0.05, 0.1) is 10.9 Å². The van der Waals surface area contributed by atoms with E-state index < -0.39 is 53.3 Å². The zero-order valence-electron chi connectivity index (χ0n) is 27.5. The van der Waals surface area contributed by atoms with E-state index in [1.807, 2.05) is 25.5 Å². The number of aliphatic carboxylic acids is 1. The first-order valence-corrected chi connectivity index (χ1v) is 16.1. The van der Waals surface area contributed by atoms with Gasteiger partial charge in [0, 0.05) is 25.0 Å². The Bertz CT molecular complexity index is 1850. The number of aliphatic hydroxyl groups is 3. The molecular weight excluding hydrogens is 652 g/mol. The molecule has 1 aliphatic rings. The van der Waals surface area contributed by atoms with Crippen LogP contribution in [0.2, 0.25) is 0 Å². The average Bonchev–Trinajstić information content (AvgIpc) is 3.60. The topological polar surface area (TPSA) is 250 Å². The Morgan fingerprint density at radius 3 is 2.52 bits per heavy atom. The average molecular weight is 695 g/mol. The maximum atomic E-state index is 13.5. The number of primary amides is 1. The van der Waals surface area contributed by atoms with E-state index in [2.05, 4.69) is 22.5 Å². The number of ether oxygens (including phenoxy) is 2. The van der Waals surface area contributed by atoms with Crippen LogP contribution in [-0.2, 0) is 16.0 Å². The highest BCUT2D eigenvalue weighted by Gasteiger charge is 2.58. The smallest absolute Gasteiger partial charge is 0.335 e. The Balaban J connectivity index is 1.44. The summed E-state index contributed by atoms with van der Waals surface area (Å²) in [6.07, 6.45) is -2.49. The fourth-order valence-corrected chi connectivity index (χ4v) is 6.22. The number of H-pyrrole nitrogens is 1. The Morgan fingerprint density at radius 1 is 1.14 bits per heavy atom. The largest absolute Gasteiger partial charge is 0.508 e. The molecule has 50 heavy (non-hydrogen) atoms. The van der Waals surface area contributed by atoms with Crippen molar-refractivity contribution in [2.75, 3.05) is 26.7 Å². The van der Waals surface area contributed by atoms with E-state index >= 15 is 0 Å². The van der Waals surface area contributed by atoms with Crippen molar-refractivity contribution in [3.05, 3.63) is 82.5 Å². The quantitative estimate of drug-likeness (QED) is 0.0841. The number of hydrogen-bond acceptors (Lipinski definition) is 12. The first kappa shape index (κ1) is 36.5. The van der Waals surface area contributed by atoms with E-state index in [0.717, 1.165) is 18.5 Å². The number of carboxylic acids is 1. The Labute approximate surface area is 286 Å². The van der Waals surface area contributed by atoms with E-state index in [0.29, 0.717) is 13.0 Å². The molecule has 3 heterocycles. The second kappa shape index (κ2) is 15.4. The van der Waals surface area contributed by atoms with Gasteiger partial charge in [-0.25, -0.2) is 4.79 Å². The number of aromatic nitrogens is 1. The predicted octanol–water partition coefficient (Wildman–Crippen LogP) is 0.928. The standard InChI is InChI=1S/C35H42N4O11/c1-18(9-11-37-2)21(13-19-10-12-38-15-19)16-39-17-35(47)31(43)28(42)30(33(45)46)50-34(35)48-23-7-8-24-25(14-23)49-29(32(36)44)26(27(24)41)20-3-5-22(40)6-4-20/h3-8,10,12,14-15,18,21,28,30-31,34,37-40,42-43,47H,9,11,13,16-17H2,1-2H3,(H2,36,44)(H,45,46)/t18-,21-,28+,30-,31-,34+,35+/m0/s1. The maximum Gasteiger partial charge on any atom is 0.335 e. The molecule has 15 nitrogen and oxygen atoms in total. The van der Waals surface area contributed by atoms with Gasteiger partial charge in [-0.2, -0.15) is 0 Å². The Kier molecular flexibility index (Phi) is 11.3. The summed E-state index contributed by atoms with van der Waals surface area (Å²) in [5.74, 6) is -2.89.